The molecule has 0 bridgehead atoms. The van der Waals surface area contributed by atoms with Crippen LogP contribution in [0.5, 0.6) is 0 Å². The number of hydrogen-bond donors (Lipinski definition) is 1. The van der Waals surface area contributed by atoms with Gasteiger partial charge in [-0.3, -0.25) is 4.31 Å². The molecule has 1 heterocycles. The minimum absolute atomic E-state index is 0.0461. The normalized spacial score (nSPS) is 11.6. The van der Waals surface area contributed by atoms with Crippen molar-refractivity contribution in [1.82, 2.24) is 9.55 Å². The molecule has 0 aliphatic rings. The van der Waals surface area contributed by atoms with Crippen LogP contribution in [0.1, 0.15) is 12.5 Å². The molecular weight excluding hydrogens is 276 g/mol. The zero-order valence-electron chi connectivity index (χ0n) is 11.5. The van der Waals surface area contributed by atoms with Gasteiger partial charge >= 0.3 is 0 Å². The van der Waals surface area contributed by atoms with Crippen LogP contribution in [0.2, 0.25) is 0 Å². The van der Waals surface area contributed by atoms with Crippen molar-refractivity contribution in [3.63, 3.8) is 0 Å². The summed E-state index contributed by atoms with van der Waals surface area (Å²) in [6.45, 7) is 2.55. The molecule has 1 aromatic carbocycles. The summed E-state index contributed by atoms with van der Waals surface area (Å²) < 4.78 is 28.1. The molecule has 0 unspecified atom stereocenters. The first-order chi connectivity index (χ1) is 9.48. The van der Waals surface area contributed by atoms with Crippen molar-refractivity contribution in [2.24, 2.45) is 12.8 Å². The number of sulfonamides is 1. The molecule has 108 valence electrons. The van der Waals surface area contributed by atoms with Gasteiger partial charge in [-0.05, 0) is 24.6 Å². The molecule has 6 nitrogen and oxygen atoms in total. The second kappa shape index (κ2) is 5.64. The van der Waals surface area contributed by atoms with Gasteiger partial charge in [0, 0.05) is 26.3 Å². The maximum atomic E-state index is 12.6. The predicted molar refractivity (Wildman–Crippen MR) is 77.7 cm³/mol. The maximum Gasteiger partial charge on any atom is 0.283 e. The fourth-order valence-electron chi connectivity index (χ4n) is 1.92. The van der Waals surface area contributed by atoms with E-state index in [1.165, 1.54) is 16.8 Å². The first-order valence-corrected chi connectivity index (χ1v) is 7.72. The Kier molecular flexibility index (Phi) is 4.10. The number of imidazole rings is 1. The van der Waals surface area contributed by atoms with Gasteiger partial charge in [0.1, 0.15) is 0 Å². The molecule has 0 saturated heterocycles. The summed E-state index contributed by atoms with van der Waals surface area (Å²) >= 11 is 0. The summed E-state index contributed by atoms with van der Waals surface area (Å²) in [6.07, 6.45) is 2.96. The highest BCUT2D eigenvalue weighted by Crippen LogP contribution is 2.22. The van der Waals surface area contributed by atoms with Crippen molar-refractivity contribution in [1.29, 1.82) is 0 Å². The van der Waals surface area contributed by atoms with Gasteiger partial charge in [0.2, 0.25) is 0 Å². The Balaban J connectivity index is 2.40. The highest BCUT2D eigenvalue weighted by Gasteiger charge is 2.25. The van der Waals surface area contributed by atoms with E-state index in [2.05, 4.69) is 4.98 Å². The highest BCUT2D eigenvalue weighted by atomic mass is 32.2. The van der Waals surface area contributed by atoms with Crippen molar-refractivity contribution in [3.05, 3.63) is 42.4 Å². The molecule has 0 aliphatic carbocycles. The van der Waals surface area contributed by atoms with E-state index in [1.807, 2.05) is 12.1 Å². The molecule has 0 saturated carbocycles. The number of hydrogen-bond acceptors (Lipinski definition) is 4. The third kappa shape index (κ3) is 2.68. The van der Waals surface area contributed by atoms with Crippen LogP contribution in [0.3, 0.4) is 0 Å². The average Bonchev–Trinajstić information content (AvgIpc) is 2.87. The summed E-state index contributed by atoms with van der Waals surface area (Å²) in [5.41, 5.74) is 7.11. The minimum atomic E-state index is -3.63. The first kappa shape index (κ1) is 14.5. The fourth-order valence-corrected chi connectivity index (χ4v) is 3.37. The lowest BCUT2D eigenvalue weighted by atomic mass is 10.2. The molecule has 0 radical (unpaired) electrons. The summed E-state index contributed by atoms with van der Waals surface area (Å²) in [7, 11) is -1.90. The van der Waals surface area contributed by atoms with E-state index in [0.29, 0.717) is 18.8 Å². The van der Waals surface area contributed by atoms with Crippen LogP contribution in [0.25, 0.3) is 0 Å². The van der Waals surface area contributed by atoms with Crippen LogP contribution < -0.4 is 10.0 Å². The van der Waals surface area contributed by atoms with Gasteiger partial charge in [-0.15, -0.1) is 0 Å². The predicted octanol–water partition coefficient (Wildman–Crippen LogP) is 1.09. The van der Waals surface area contributed by atoms with E-state index in [0.717, 1.165) is 5.56 Å². The summed E-state index contributed by atoms with van der Waals surface area (Å²) in [5.74, 6) is 0. The molecule has 7 heteroatoms. The monoisotopic (exact) mass is 294 g/mol. The molecule has 20 heavy (non-hydrogen) atoms. The fraction of sp³-hybridized carbons (Fsp3) is 0.308. The van der Waals surface area contributed by atoms with Gasteiger partial charge in [-0.2, -0.15) is 8.42 Å². The number of rotatable bonds is 5. The molecule has 1 aromatic heterocycles. The van der Waals surface area contributed by atoms with E-state index < -0.39 is 10.0 Å². The second-order valence-corrected chi connectivity index (χ2v) is 6.23. The lowest BCUT2D eigenvalue weighted by molar-refractivity contribution is 0.588. The Morgan fingerprint density at radius 1 is 1.30 bits per heavy atom. The molecule has 0 spiro atoms. The third-order valence-electron chi connectivity index (χ3n) is 2.98. The van der Waals surface area contributed by atoms with E-state index in [1.54, 1.807) is 30.7 Å². The Bertz CT molecular complexity index is 677. The van der Waals surface area contributed by atoms with Crippen molar-refractivity contribution >= 4 is 15.7 Å². The number of anilines is 1. The molecule has 0 fully saturated rings. The van der Waals surface area contributed by atoms with Gasteiger partial charge < -0.3 is 10.3 Å². The van der Waals surface area contributed by atoms with Gasteiger partial charge in [-0.1, -0.05) is 12.1 Å². The first-order valence-electron chi connectivity index (χ1n) is 6.28. The van der Waals surface area contributed by atoms with Crippen LogP contribution in [0.15, 0.2) is 41.8 Å². The van der Waals surface area contributed by atoms with Gasteiger partial charge in [0.15, 0.2) is 5.03 Å². The van der Waals surface area contributed by atoms with E-state index in [9.17, 15) is 8.42 Å². The van der Waals surface area contributed by atoms with Crippen LogP contribution >= 0.6 is 0 Å². The SMILES string of the molecule is CCN(c1ccc(CN)cc1)S(=O)(=O)c1cn(C)cn1. The van der Waals surface area contributed by atoms with Gasteiger partial charge in [0.25, 0.3) is 10.0 Å². The largest absolute Gasteiger partial charge is 0.339 e. The summed E-state index contributed by atoms with van der Waals surface area (Å²) in [6, 6.07) is 7.16. The molecule has 0 amide bonds. The van der Waals surface area contributed by atoms with Crippen molar-refractivity contribution in [2.45, 2.75) is 18.5 Å². The van der Waals surface area contributed by atoms with E-state index in [-0.39, 0.29) is 5.03 Å². The van der Waals surface area contributed by atoms with Crippen LogP contribution in [-0.2, 0) is 23.6 Å². The summed E-state index contributed by atoms with van der Waals surface area (Å²) in [5, 5.41) is 0.0461. The van der Waals surface area contributed by atoms with Crippen molar-refractivity contribution in [2.75, 3.05) is 10.8 Å². The molecule has 2 aromatic rings. The average molecular weight is 294 g/mol. The Hall–Kier alpha value is -1.86. The summed E-state index contributed by atoms with van der Waals surface area (Å²) in [4.78, 5) is 3.93. The zero-order chi connectivity index (χ0) is 14.8. The third-order valence-corrected chi connectivity index (χ3v) is 4.77. The number of benzene rings is 1. The quantitative estimate of drug-likeness (QED) is 0.895. The van der Waals surface area contributed by atoms with Crippen LogP contribution in [0.4, 0.5) is 5.69 Å². The molecule has 0 aliphatic heterocycles. The smallest absolute Gasteiger partial charge is 0.283 e. The Labute approximate surface area is 118 Å². The number of nitrogens with zero attached hydrogens (tertiary/aromatic N) is 3. The maximum absolute atomic E-state index is 12.6. The van der Waals surface area contributed by atoms with Crippen molar-refractivity contribution < 1.29 is 8.42 Å². The molecule has 2 rings (SSSR count). The van der Waals surface area contributed by atoms with Gasteiger partial charge in [0.05, 0.1) is 12.0 Å². The van der Waals surface area contributed by atoms with Gasteiger partial charge in [-0.25, -0.2) is 4.98 Å². The highest BCUT2D eigenvalue weighted by molar-refractivity contribution is 7.92. The second-order valence-electron chi connectivity index (χ2n) is 4.42. The Morgan fingerprint density at radius 2 is 1.95 bits per heavy atom. The standard InChI is InChI=1S/C13H18N4O2S/c1-3-17(12-6-4-11(8-14)5-7-12)20(18,19)13-9-16(2)10-15-13/h4-7,9-10H,3,8,14H2,1-2H3. The number of aromatic nitrogens is 2. The van der Waals surface area contributed by atoms with E-state index >= 15 is 0 Å². The molecular formula is C13H18N4O2S. The lowest BCUT2D eigenvalue weighted by Crippen LogP contribution is -2.31. The molecule has 0 atom stereocenters. The van der Waals surface area contributed by atoms with Crippen molar-refractivity contribution in [3.8, 4) is 0 Å². The lowest BCUT2D eigenvalue weighted by Gasteiger charge is -2.21. The number of aryl methyl sites for hydroxylation is 1. The minimum Gasteiger partial charge on any atom is -0.339 e. The topological polar surface area (TPSA) is 81.2 Å². The zero-order valence-corrected chi connectivity index (χ0v) is 12.3. The number of nitrogens with two attached hydrogens (primary N) is 1. The van der Waals surface area contributed by atoms with Crippen LogP contribution in [-0.4, -0.2) is 24.5 Å². The van der Waals surface area contributed by atoms with E-state index in [4.69, 9.17) is 5.73 Å². The van der Waals surface area contributed by atoms with Crippen LogP contribution in [0, 0.1) is 0 Å². The molecule has 2 N–H and O–H groups in total. The Morgan fingerprint density at radius 3 is 2.40 bits per heavy atom.